The number of hydrogen-bond donors (Lipinski definition) is 0. The average Bonchev–Trinajstić information content (AvgIpc) is 2.67. The Morgan fingerprint density at radius 3 is 1.83 bits per heavy atom. The van der Waals surface area contributed by atoms with Gasteiger partial charge in [-0.2, -0.15) is 21.3 Å². The first kappa shape index (κ1) is 22.1. The molecule has 0 bridgehead atoms. The Morgan fingerprint density at radius 1 is 0.862 bits per heavy atom. The maximum atomic E-state index is 13.0. The van der Waals surface area contributed by atoms with Gasteiger partial charge in [-0.25, -0.2) is 8.42 Å². The van der Waals surface area contributed by atoms with Crippen LogP contribution in [0.1, 0.15) is 20.3 Å². The molecule has 0 saturated carbocycles. The molecule has 2 aliphatic rings. The smallest absolute Gasteiger partial charge is 0.258 e. The highest BCUT2D eigenvalue weighted by Crippen LogP contribution is 2.26. The second-order valence-corrected chi connectivity index (χ2v) is 11.7. The van der Waals surface area contributed by atoms with Gasteiger partial charge in [0.05, 0.1) is 9.82 Å². The Kier molecular flexibility index (Phi) is 6.30. The van der Waals surface area contributed by atoms with Crippen molar-refractivity contribution in [1.82, 2.24) is 12.9 Å². The fourth-order valence-electron chi connectivity index (χ4n) is 3.99. The maximum absolute atomic E-state index is 13.0. The van der Waals surface area contributed by atoms with Gasteiger partial charge in [0.25, 0.3) is 15.9 Å². The molecule has 0 N–H and O–H groups in total. The first-order valence-electron chi connectivity index (χ1n) is 9.51. The lowest BCUT2D eigenvalue weighted by molar-refractivity contribution is -0.384. The summed E-state index contributed by atoms with van der Waals surface area (Å²) in [4.78, 5) is 10.1. The summed E-state index contributed by atoms with van der Waals surface area (Å²) in [5, 5.41) is 10.7. The summed E-state index contributed by atoms with van der Waals surface area (Å²) in [6.45, 7) is 5.26. The number of piperazine rings is 1. The van der Waals surface area contributed by atoms with E-state index in [1.807, 2.05) is 13.8 Å². The van der Waals surface area contributed by atoms with Crippen molar-refractivity contribution in [3.8, 4) is 0 Å². The molecule has 2 fully saturated rings. The standard InChI is InChI=1S/C17H26N4O6S2/c1-14-11-15(2)13-20(12-14)29(26,27)19-9-7-18(8-10-19)28(24,25)17-5-3-16(4-6-17)21(22)23/h3-6,14-15H,7-13H2,1-2H3/t14-,15-/m1/s1. The first-order chi connectivity index (χ1) is 13.5. The topological polar surface area (TPSA) is 121 Å². The van der Waals surface area contributed by atoms with Crippen molar-refractivity contribution < 1.29 is 21.8 Å². The third-order valence-electron chi connectivity index (χ3n) is 5.37. The number of nitro groups is 1. The van der Waals surface area contributed by atoms with Crippen LogP contribution in [0, 0.1) is 22.0 Å². The van der Waals surface area contributed by atoms with Crippen LogP contribution in [-0.2, 0) is 20.2 Å². The quantitative estimate of drug-likeness (QED) is 0.494. The highest BCUT2D eigenvalue weighted by molar-refractivity contribution is 7.89. The van der Waals surface area contributed by atoms with Crippen molar-refractivity contribution >= 4 is 25.9 Å². The van der Waals surface area contributed by atoms with Gasteiger partial charge in [0.1, 0.15) is 0 Å². The Bertz CT molecular complexity index is 946. The van der Waals surface area contributed by atoms with E-state index in [0.717, 1.165) is 18.6 Å². The molecule has 2 atom stereocenters. The van der Waals surface area contributed by atoms with Gasteiger partial charge in [-0.1, -0.05) is 13.8 Å². The number of hydrogen-bond acceptors (Lipinski definition) is 6. The first-order valence-corrected chi connectivity index (χ1v) is 12.4. The second kappa shape index (κ2) is 8.26. The van der Waals surface area contributed by atoms with E-state index in [9.17, 15) is 26.9 Å². The van der Waals surface area contributed by atoms with Crippen molar-refractivity contribution in [2.45, 2.75) is 25.2 Å². The van der Waals surface area contributed by atoms with Gasteiger partial charge in [0.15, 0.2) is 0 Å². The number of rotatable bonds is 5. The minimum atomic E-state index is -3.84. The van der Waals surface area contributed by atoms with E-state index in [2.05, 4.69) is 0 Å². The molecule has 10 nitrogen and oxygen atoms in total. The highest BCUT2D eigenvalue weighted by atomic mass is 32.2. The monoisotopic (exact) mass is 446 g/mol. The molecule has 162 valence electrons. The molecule has 0 unspecified atom stereocenters. The minimum Gasteiger partial charge on any atom is -0.258 e. The third kappa shape index (κ3) is 4.61. The average molecular weight is 447 g/mol. The van der Waals surface area contributed by atoms with Gasteiger partial charge in [-0.05, 0) is 30.4 Å². The summed E-state index contributed by atoms with van der Waals surface area (Å²) < 4.78 is 55.6. The molecule has 1 aromatic rings. The van der Waals surface area contributed by atoms with Crippen LogP contribution >= 0.6 is 0 Å². The number of sulfonamides is 1. The van der Waals surface area contributed by atoms with Crippen LogP contribution in [0.4, 0.5) is 5.69 Å². The van der Waals surface area contributed by atoms with E-state index in [1.54, 1.807) is 0 Å². The number of nitrogens with zero attached hydrogens (tertiary/aromatic N) is 4. The van der Waals surface area contributed by atoms with Crippen LogP contribution in [-0.4, -0.2) is 73.9 Å². The minimum absolute atomic E-state index is 0.0392. The van der Waals surface area contributed by atoms with Gasteiger partial charge < -0.3 is 0 Å². The lowest BCUT2D eigenvalue weighted by Gasteiger charge is -2.39. The second-order valence-electron chi connectivity index (χ2n) is 7.82. The molecule has 0 amide bonds. The van der Waals surface area contributed by atoms with Crippen LogP contribution in [0.2, 0.25) is 0 Å². The van der Waals surface area contributed by atoms with Gasteiger partial charge in [-0.3, -0.25) is 10.1 Å². The zero-order valence-corrected chi connectivity index (χ0v) is 18.1. The van der Waals surface area contributed by atoms with E-state index >= 15 is 0 Å². The molecule has 1 aromatic carbocycles. The summed E-state index contributed by atoms with van der Waals surface area (Å²) in [6, 6.07) is 4.69. The van der Waals surface area contributed by atoms with Crippen molar-refractivity contribution in [1.29, 1.82) is 0 Å². The molecular weight excluding hydrogens is 420 g/mol. The Hall–Kier alpha value is -1.60. The number of piperidine rings is 1. The molecule has 0 spiro atoms. The number of non-ortho nitro benzene ring substituents is 1. The molecule has 3 rings (SSSR count). The number of benzene rings is 1. The molecule has 0 aliphatic carbocycles. The molecule has 0 aromatic heterocycles. The van der Waals surface area contributed by atoms with Crippen LogP contribution in [0.3, 0.4) is 0 Å². The lowest BCUT2D eigenvalue weighted by Crippen LogP contribution is -2.56. The SMILES string of the molecule is C[C@@H]1C[C@@H](C)CN(S(=O)(=O)N2CCN(S(=O)(=O)c3ccc([N+](=O)[O-])cc3)CC2)C1. The lowest BCUT2D eigenvalue weighted by atomic mass is 9.94. The van der Waals surface area contributed by atoms with E-state index in [-0.39, 0.29) is 48.6 Å². The Balaban J connectivity index is 1.68. The molecular formula is C17H26N4O6S2. The summed E-state index contributed by atoms with van der Waals surface area (Å²) >= 11 is 0. The Morgan fingerprint density at radius 2 is 1.34 bits per heavy atom. The maximum Gasteiger partial charge on any atom is 0.282 e. The summed E-state index contributed by atoms with van der Waals surface area (Å²) in [7, 11) is -7.47. The van der Waals surface area contributed by atoms with E-state index in [0.29, 0.717) is 13.1 Å². The molecule has 2 aliphatic heterocycles. The highest BCUT2D eigenvalue weighted by Gasteiger charge is 2.38. The molecule has 0 radical (unpaired) electrons. The number of nitro benzene ring substituents is 1. The third-order valence-corrected chi connectivity index (χ3v) is 9.25. The van der Waals surface area contributed by atoms with Crippen molar-refractivity contribution in [3.63, 3.8) is 0 Å². The predicted octanol–water partition coefficient (Wildman–Crippen LogP) is 1.12. The van der Waals surface area contributed by atoms with Crippen molar-refractivity contribution in [3.05, 3.63) is 34.4 Å². The Labute approximate surface area is 171 Å². The largest absolute Gasteiger partial charge is 0.282 e. The van der Waals surface area contributed by atoms with Crippen molar-refractivity contribution in [2.75, 3.05) is 39.3 Å². The van der Waals surface area contributed by atoms with Gasteiger partial charge in [0.2, 0.25) is 10.0 Å². The fourth-order valence-corrected chi connectivity index (χ4v) is 7.25. The summed E-state index contributed by atoms with van der Waals surface area (Å²) in [6.07, 6.45) is 0.993. The van der Waals surface area contributed by atoms with E-state index < -0.39 is 25.2 Å². The van der Waals surface area contributed by atoms with Gasteiger partial charge in [-0.15, -0.1) is 0 Å². The van der Waals surface area contributed by atoms with Crippen LogP contribution in [0.5, 0.6) is 0 Å². The molecule has 2 saturated heterocycles. The molecule has 2 heterocycles. The molecule has 12 heteroatoms. The van der Waals surface area contributed by atoms with Gasteiger partial charge in [0, 0.05) is 51.4 Å². The van der Waals surface area contributed by atoms with Crippen molar-refractivity contribution in [2.24, 2.45) is 11.8 Å². The normalized spacial score (nSPS) is 25.7. The van der Waals surface area contributed by atoms with Crippen LogP contribution < -0.4 is 0 Å². The van der Waals surface area contributed by atoms with Crippen LogP contribution in [0.25, 0.3) is 0 Å². The zero-order chi connectivity index (χ0) is 21.4. The zero-order valence-electron chi connectivity index (χ0n) is 16.5. The summed E-state index contributed by atoms with van der Waals surface area (Å²) in [5.74, 6) is 0.578. The predicted molar refractivity (Wildman–Crippen MR) is 107 cm³/mol. The van der Waals surface area contributed by atoms with E-state index in [1.165, 1.54) is 25.0 Å². The van der Waals surface area contributed by atoms with Crippen LogP contribution in [0.15, 0.2) is 29.2 Å². The van der Waals surface area contributed by atoms with E-state index in [4.69, 9.17) is 0 Å². The summed E-state index contributed by atoms with van der Waals surface area (Å²) in [5.41, 5.74) is -0.190. The fraction of sp³-hybridized carbons (Fsp3) is 0.647. The molecule has 29 heavy (non-hydrogen) atoms. The van der Waals surface area contributed by atoms with Gasteiger partial charge >= 0.3 is 0 Å².